The molecule has 0 N–H and O–H groups in total. The first-order valence-electron chi connectivity index (χ1n) is 2.36. The van der Waals surface area contributed by atoms with Crippen molar-refractivity contribution in [2.45, 2.75) is 6.42 Å². The summed E-state index contributed by atoms with van der Waals surface area (Å²) >= 11 is 11.2. The second kappa shape index (κ2) is 2.56. The SMILES string of the molecule is ClC1=C(Cl)C=CC[CH]1. The summed E-state index contributed by atoms with van der Waals surface area (Å²) in [5, 5.41) is 1.30. The van der Waals surface area contributed by atoms with Crippen LogP contribution in [0.3, 0.4) is 0 Å². The lowest BCUT2D eigenvalue weighted by Gasteiger charge is -2.01. The molecule has 0 heterocycles. The van der Waals surface area contributed by atoms with Crippen LogP contribution in [0, 0.1) is 6.42 Å². The first-order chi connectivity index (χ1) is 3.80. The van der Waals surface area contributed by atoms with Crippen LogP contribution in [0.2, 0.25) is 0 Å². The van der Waals surface area contributed by atoms with Crippen molar-refractivity contribution in [2.24, 2.45) is 0 Å². The monoisotopic (exact) mass is 147 g/mol. The van der Waals surface area contributed by atoms with Crippen LogP contribution in [0.25, 0.3) is 0 Å². The summed E-state index contributed by atoms with van der Waals surface area (Å²) in [6.07, 6.45) is 6.55. The maximum atomic E-state index is 5.61. The van der Waals surface area contributed by atoms with Crippen molar-refractivity contribution in [2.75, 3.05) is 0 Å². The molecule has 0 aliphatic heterocycles. The van der Waals surface area contributed by atoms with Crippen LogP contribution in [0.4, 0.5) is 0 Å². The molecule has 0 aromatic carbocycles. The maximum Gasteiger partial charge on any atom is 0.0551 e. The molecule has 1 radical (unpaired) electrons. The first-order valence-corrected chi connectivity index (χ1v) is 3.11. The van der Waals surface area contributed by atoms with Gasteiger partial charge in [-0.25, -0.2) is 0 Å². The molecule has 0 atom stereocenters. The highest BCUT2D eigenvalue weighted by Crippen LogP contribution is 2.23. The van der Waals surface area contributed by atoms with E-state index < -0.39 is 0 Å². The van der Waals surface area contributed by atoms with E-state index in [1.807, 2.05) is 18.6 Å². The molecule has 0 saturated heterocycles. The van der Waals surface area contributed by atoms with Crippen molar-refractivity contribution in [3.05, 3.63) is 28.6 Å². The lowest BCUT2D eigenvalue weighted by molar-refractivity contribution is 1.24. The number of allylic oxidation sites excluding steroid dienone is 4. The largest absolute Gasteiger partial charge is 0.0872 e. The molecule has 1 rings (SSSR count). The van der Waals surface area contributed by atoms with Gasteiger partial charge in [-0.05, 0) is 12.5 Å². The highest BCUT2D eigenvalue weighted by Gasteiger charge is 2.01. The van der Waals surface area contributed by atoms with E-state index in [4.69, 9.17) is 23.2 Å². The van der Waals surface area contributed by atoms with Gasteiger partial charge in [0, 0.05) is 11.5 Å². The minimum absolute atomic E-state index is 0.637. The molecular formula is C6H5Cl2. The van der Waals surface area contributed by atoms with Crippen LogP contribution in [-0.2, 0) is 0 Å². The fourth-order valence-corrected chi connectivity index (χ4v) is 0.838. The summed E-state index contributed by atoms with van der Waals surface area (Å²) < 4.78 is 0. The number of rotatable bonds is 0. The molecule has 0 fully saturated rings. The van der Waals surface area contributed by atoms with Gasteiger partial charge < -0.3 is 0 Å². The molecule has 0 amide bonds. The quantitative estimate of drug-likeness (QED) is 0.495. The molecule has 43 valence electrons. The van der Waals surface area contributed by atoms with E-state index in [9.17, 15) is 0 Å². The van der Waals surface area contributed by atoms with Gasteiger partial charge in [-0.3, -0.25) is 0 Å². The topological polar surface area (TPSA) is 0 Å². The summed E-state index contributed by atoms with van der Waals surface area (Å²) in [4.78, 5) is 0. The van der Waals surface area contributed by atoms with E-state index in [2.05, 4.69) is 0 Å². The molecule has 1 aliphatic carbocycles. The molecule has 0 saturated carbocycles. The lowest BCUT2D eigenvalue weighted by Crippen LogP contribution is -1.82. The maximum absolute atomic E-state index is 5.61. The molecule has 2 heteroatoms. The Kier molecular flexibility index (Phi) is 1.98. The predicted octanol–water partition coefficient (Wildman–Crippen LogP) is 2.84. The zero-order valence-electron chi connectivity index (χ0n) is 4.20. The molecular weight excluding hydrogens is 143 g/mol. The highest BCUT2D eigenvalue weighted by atomic mass is 35.5. The van der Waals surface area contributed by atoms with E-state index in [1.165, 1.54) is 0 Å². The normalized spacial score (nSPS) is 19.8. The van der Waals surface area contributed by atoms with Crippen molar-refractivity contribution >= 4 is 23.2 Å². The minimum Gasteiger partial charge on any atom is -0.0872 e. The molecule has 0 spiro atoms. The predicted molar refractivity (Wildman–Crippen MR) is 36.8 cm³/mol. The van der Waals surface area contributed by atoms with Gasteiger partial charge in [0.05, 0.1) is 5.03 Å². The van der Waals surface area contributed by atoms with Gasteiger partial charge in [0.2, 0.25) is 0 Å². The smallest absolute Gasteiger partial charge is 0.0551 e. The summed E-state index contributed by atoms with van der Waals surface area (Å²) in [6.45, 7) is 0. The lowest BCUT2D eigenvalue weighted by atomic mass is 10.2. The zero-order valence-corrected chi connectivity index (χ0v) is 5.71. The Labute approximate surface area is 58.8 Å². The van der Waals surface area contributed by atoms with Crippen molar-refractivity contribution in [3.63, 3.8) is 0 Å². The second-order valence-corrected chi connectivity index (χ2v) is 2.35. The van der Waals surface area contributed by atoms with Crippen LogP contribution < -0.4 is 0 Å². The zero-order chi connectivity index (χ0) is 5.98. The fraction of sp³-hybridized carbons (Fsp3) is 0.167. The molecule has 0 aromatic rings. The van der Waals surface area contributed by atoms with E-state index in [1.54, 1.807) is 0 Å². The Bertz CT molecular complexity index is 145. The highest BCUT2D eigenvalue weighted by molar-refractivity contribution is 6.41. The Morgan fingerprint density at radius 1 is 1.25 bits per heavy atom. The van der Waals surface area contributed by atoms with E-state index in [0.29, 0.717) is 10.1 Å². The Morgan fingerprint density at radius 2 is 2.00 bits per heavy atom. The standard InChI is InChI=1S/C6H5Cl2/c7-5-3-1-2-4-6(5)8/h1,3-4H,2H2. The fourth-order valence-electron chi connectivity index (χ4n) is 0.520. The van der Waals surface area contributed by atoms with Crippen LogP contribution in [-0.4, -0.2) is 0 Å². The number of hydrogen-bond donors (Lipinski definition) is 0. The minimum atomic E-state index is 0.637. The second-order valence-electron chi connectivity index (χ2n) is 1.54. The van der Waals surface area contributed by atoms with E-state index >= 15 is 0 Å². The van der Waals surface area contributed by atoms with Crippen molar-refractivity contribution < 1.29 is 0 Å². The van der Waals surface area contributed by atoms with Gasteiger partial charge in [0.1, 0.15) is 0 Å². The molecule has 0 aromatic heterocycles. The number of halogens is 2. The van der Waals surface area contributed by atoms with E-state index in [0.717, 1.165) is 6.42 Å². The Balaban J connectivity index is 2.76. The van der Waals surface area contributed by atoms with Crippen LogP contribution >= 0.6 is 23.2 Å². The average Bonchev–Trinajstić information content (AvgIpc) is 1.77. The molecule has 1 aliphatic rings. The van der Waals surface area contributed by atoms with Crippen molar-refractivity contribution in [3.8, 4) is 0 Å². The van der Waals surface area contributed by atoms with Crippen LogP contribution in [0.5, 0.6) is 0 Å². The third-order valence-electron chi connectivity index (χ3n) is 0.925. The molecule has 0 unspecified atom stereocenters. The van der Waals surface area contributed by atoms with Crippen molar-refractivity contribution in [1.29, 1.82) is 0 Å². The third-order valence-corrected chi connectivity index (χ3v) is 1.71. The van der Waals surface area contributed by atoms with Gasteiger partial charge in [-0.2, -0.15) is 0 Å². The summed E-state index contributed by atoms with van der Waals surface area (Å²) in [5.41, 5.74) is 0. The molecule has 0 nitrogen and oxygen atoms in total. The molecule has 8 heavy (non-hydrogen) atoms. The van der Waals surface area contributed by atoms with Gasteiger partial charge in [0.25, 0.3) is 0 Å². The van der Waals surface area contributed by atoms with Crippen LogP contribution in [0.15, 0.2) is 22.2 Å². The number of hydrogen-bond acceptors (Lipinski definition) is 0. The van der Waals surface area contributed by atoms with E-state index in [-0.39, 0.29) is 0 Å². The van der Waals surface area contributed by atoms with Crippen LogP contribution in [0.1, 0.15) is 6.42 Å². The van der Waals surface area contributed by atoms with Crippen molar-refractivity contribution in [1.82, 2.24) is 0 Å². The molecule has 0 bridgehead atoms. The van der Waals surface area contributed by atoms with Gasteiger partial charge in [0.15, 0.2) is 0 Å². The van der Waals surface area contributed by atoms with Gasteiger partial charge >= 0.3 is 0 Å². The van der Waals surface area contributed by atoms with Gasteiger partial charge in [-0.1, -0.05) is 29.3 Å². The Hall–Kier alpha value is 0.0600. The Morgan fingerprint density at radius 3 is 2.38 bits per heavy atom. The summed E-state index contributed by atoms with van der Waals surface area (Å²) in [5.74, 6) is 0. The summed E-state index contributed by atoms with van der Waals surface area (Å²) in [6, 6.07) is 0. The third kappa shape index (κ3) is 1.27. The average molecular weight is 148 g/mol. The first kappa shape index (κ1) is 6.18. The summed E-state index contributed by atoms with van der Waals surface area (Å²) in [7, 11) is 0. The van der Waals surface area contributed by atoms with Gasteiger partial charge in [-0.15, -0.1) is 0 Å².